The van der Waals surface area contributed by atoms with Crippen LogP contribution >= 0.6 is 22.9 Å². The van der Waals surface area contributed by atoms with Crippen LogP contribution in [0.1, 0.15) is 10.5 Å². The molecule has 2 rings (SSSR count). The summed E-state index contributed by atoms with van der Waals surface area (Å²) in [5.41, 5.74) is 2.78. The summed E-state index contributed by atoms with van der Waals surface area (Å²) >= 11 is 6.89. The number of nitrogens with two attached hydrogens (primary N) is 1. The van der Waals surface area contributed by atoms with Crippen LogP contribution in [0.5, 0.6) is 0 Å². The van der Waals surface area contributed by atoms with Gasteiger partial charge in [-0.3, -0.25) is 10.2 Å². The largest absolute Gasteiger partial charge is 0.289 e. The van der Waals surface area contributed by atoms with E-state index in [-0.39, 0.29) is 16.0 Å². The highest BCUT2D eigenvalue weighted by molar-refractivity contribution is 7.19. The second-order valence-corrected chi connectivity index (χ2v) is 4.71. The van der Waals surface area contributed by atoms with E-state index in [1.165, 1.54) is 12.1 Å². The third kappa shape index (κ3) is 2.44. The van der Waals surface area contributed by atoms with E-state index in [9.17, 15) is 9.18 Å². The van der Waals surface area contributed by atoms with Gasteiger partial charge in [-0.25, -0.2) is 15.2 Å². The van der Waals surface area contributed by atoms with Gasteiger partial charge in [-0.05, 0) is 17.7 Å². The van der Waals surface area contributed by atoms with Gasteiger partial charge in [-0.15, -0.1) is 11.3 Å². The number of carbonyl (C=O) groups excluding carboxylic acids is 1. The summed E-state index contributed by atoms with van der Waals surface area (Å²) in [6.07, 6.45) is 0. The van der Waals surface area contributed by atoms with Crippen molar-refractivity contribution in [1.29, 1.82) is 0 Å². The molecule has 2 aromatic rings. The topological polar surface area (TPSA) is 68.0 Å². The van der Waals surface area contributed by atoms with E-state index in [1.54, 1.807) is 12.1 Å². The summed E-state index contributed by atoms with van der Waals surface area (Å²) in [6, 6.07) is 5.69. The average molecular weight is 272 g/mol. The number of hydrogen-bond donors (Lipinski definition) is 2. The van der Waals surface area contributed by atoms with E-state index < -0.39 is 5.91 Å². The van der Waals surface area contributed by atoms with Crippen LogP contribution in [0.25, 0.3) is 10.4 Å². The molecule has 1 aromatic carbocycles. The van der Waals surface area contributed by atoms with Crippen LogP contribution in [0.3, 0.4) is 0 Å². The van der Waals surface area contributed by atoms with Gasteiger partial charge in [0.1, 0.15) is 11.5 Å². The summed E-state index contributed by atoms with van der Waals surface area (Å²) in [6.45, 7) is 0. The van der Waals surface area contributed by atoms with Gasteiger partial charge in [-0.2, -0.15) is 0 Å². The van der Waals surface area contributed by atoms with E-state index in [0.717, 1.165) is 11.3 Å². The fraction of sp³-hybridized carbons (Fsp3) is 0. The summed E-state index contributed by atoms with van der Waals surface area (Å²) in [5.74, 6) is 4.16. The molecule has 0 unspecified atom stereocenters. The molecule has 3 N–H and O–H groups in total. The lowest BCUT2D eigenvalue weighted by Gasteiger charge is -2.00. The maximum Gasteiger partial charge on any atom is 0.285 e. The maximum atomic E-state index is 12.8. The monoisotopic (exact) mass is 271 g/mol. The first-order valence-corrected chi connectivity index (χ1v) is 5.74. The third-order valence-electron chi connectivity index (χ3n) is 2.05. The van der Waals surface area contributed by atoms with Crippen LogP contribution in [-0.2, 0) is 0 Å². The second-order valence-electron chi connectivity index (χ2n) is 3.12. The average Bonchev–Trinajstić information content (AvgIpc) is 2.71. The number of hydrogen-bond acceptors (Lipinski definition) is 4. The minimum absolute atomic E-state index is 0.133. The molecule has 1 heterocycles. The number of halogens is 2. The van der Waals surface area contributed by atoms with Crippen LogP contribution in [0.2, 0.25) is 4.47 Å². The van der Waals surface area contributed by atoms with E-state index in [2.05, 4.69) is 4.98 Å². The molecule has 0 aliphatic carbocycles. The molecule has 0 aliphatic rings. The van der Waals surface area contributed by atoms with Crippen molar-refractivity contribution < 1.29 is 9.18 Å². The van der Waals surface area contributed by atoms with E-state index >= 15 is 0 Å². The van der Waals surface area contributed by atoms with E-state index in [4.69, 9.17) is 17.4 Å². The summed E-state index contributed by atoms with van der Waals surface area (Å²) in [4.78, 5) is 15.9. The predicted molar refractivity (Wildman–Crippen MR) is 64.2 cm³/mol. The lowest BCUT2D eigenvalue weighted by molar-refractivity contribution is 0.0950. The number of rotatable bonds is 2. The normalized spacial score (nSPS) is 10.3. The Morgan fingerprint density at radius 2 is 2.06 bits per heavy atom. The SMILES string of the molecule is NNC(=O)c1nc(Cl)sc1-c1ccc(F)cc1. The van der Waals surface area contributed by atoms with Gasteiger partial charge in [0.05, 0.1) is 4.88 Å². The zero-order chi connectivity index (χ0) is 12.4. The number of amides is 1. The fourth-order valence-corrected chi connectivity index (χ4v) is 2.42. The number of nitrogen functional groups attached to an aromatic ring is 1. The molecular weight excluding hydrogens is 265 g/mol. The first-order chi connectivity index (χ1) is 8.11. The number of carbonyl (C=O) groups is 1. The highest BCUT2D eigenvalue weighted by atomic mass is 35.5. The number of nitrogens with zero attached hydrogens (tertiary/aromatic N) is 1. The summed E-state index contributed by atoms with van der Waals surface area (Å²) < 4.78 is 13.0. The Balaban J connectivity index is 2.51. The molecule has 88 valence electrons. The molecule has 0 spiro atoms. The molecular formula is C10H7ClFN3OS. The molecule has 17 heavy (non-hydrogen) atoms. The minimum Gasteiger partial charge on any atom is -0.289 e. The van der Waals surface area contributed by atoms with Crippen LogP contribution < -0.4 is 11.3 Å². The fourth-order valence-electron chi connectivity index (χ4n) is 1.31. The highest BCUT2D eigenvalue weighted by Crippen LogP contribution is 2.32. The molecule has 1 amide bonds. The van der Waals surface area contributed by atoms with Crippen molar-refractivity contribution in [2.45, 2.75) is 0 Å². The Morgan fingerprint density at radius 1 is 1.41 bits per heavy atom. The maximum absolute atomic E-state index is 12.8. The van der Waals surface area contributed by atoms with Crippen molar-refractivity contribution in [3.05, 3.63) is 40.2 Å². The molecule has 1 aromatic heterocycles. The minimum atomic E-state index is -0.535. The van der Waals surface area contributed by atoms with Crippen molar-refractivity contribution in [3.8, 4) is 10.4 Å². The first-order valence-electron chi connectivity index (χ1n) is 4.55. The molecule has 0 fully saturated rings. The van der Waals surface area contributed by atoms with Gasteiger partial charge >= 0.3 is 0 Å². The molecule has 0 saturated heterocycles. The van der Waals surface area contributed by atoms with Crippen LogP contribution in [-0.4, -0.2) is 10.9 Å². The van der Waals surface area contributed by atoms with Crippen molar-refractivity contribution in [2.75, 3.05) is 0 Å². The molecule has 0 atom stereocenters. The van der Waals surface area contributed by atoms with E-state index in [1.807, 2.05) is 5.43 Å². The smallest absolute Gasteiger partial charge is 0.285 e. The Kier molecular flexibility index (Phi) is 3.37. The Hall–Kier alpha value is -1.50. The zero-order valence-corrected chi connectivity index (χ0v) is 9.98. The first kappa shape index (κ1) is 12.0. The molecule has 7 heteroatoms. The summed E-state index contributed by atoms with van der Waals surface area (Å²) in [7, 11) is 0. The number of aromatic nitrogens is 1. The van der Waals surface area contributed by atoms with E-state index in [0.29, 0.717) is 10.4 Å². The number of nitrogens with one attached hydrogen (secondary N) is 1. The number of benzene rings is 1. The van der Waals surface area contributed by atoms with Crippen molar-refractivity contribution in [1.82, 2.24) is 10.4 Å². The standard InChI is InChI=1S/C10H7ClFN3OS/c11-10-14-7(9(16)15-13)8(17-10)5-1-3-6(12)4-2-5/h1-4H,13H2,(H,15,16). The molecule has 0 bridgehead atoms. The zero-order valence-electron chi connectivity index (χ0n) is 8.41. The van der Waals surface area contributed by atoms with Gasteiger partial charge in [-0.1, -0.05) is 23.7 Å². The summed E-state index contributed by atoms with van der Waals surface area (Å²) in [5, 5.41) is 0. The molecule has 0 radical (unpaired) electrons. The van der Waals surface area contributed by atoms with Crippen LogP contribution in [0.15, 0.2) is 24.3 Å². The quantitative estimate of drug-likeness (QED) is 0.500. The molecule has 4 nitrogen and oxygen atoms in total. The second kappa shape index (κ2) is 4.79. The van der Waals surface area contributed by atoms with Gasteiger partial charge in [0.2, 0.25) is 0 Å². The number of thiazole rings is 1. The Morgan fingerprint density at radius 3 is 2.65 bits per heavy atom. The Labute approximate surface area is 105 Å². The van der Waals surface area contributed by atoms with Crippen molar-refractivity contribution in [2.24, 2.45) is 5.84 Å². The third-order valence-corrected chi connectivity index (χ3v) is 3.26. The predicted octanol–water partition coefficient (Wildman–Crippen LogP) is 2.21. The van der Waals surface area contributed by atoms with Gasteiger partial charge in [0.15, 0.2) is 4.47 Å². The van der Waals surface area contributed by atoms with Crippen LogP contribution in [0, 0.1) is 5.82 Å². The van der Waals surface area contributed by atoms with Crippen LogP contribution in [0.4, 0.5) is 4.39 Å². The van der Waals surface area contributed by atoms with Gasteiger partial charge in [0, 0.05) is 0 Å². The molecule has 0 aliphatic heterocycles. The Bertz CT molecular complexity index is 555. The van der Waals surface area contributed by atoms with Gasteiger partial charge in [0.25, 0.3) is 5.91 Å². The lowest BCUT2D eigenvalue weighted by Crippen LogP contribution is -2.30. The lowest BCUT2D eigenvalue weighted by atomic mass is 10.1. The van der Waals surface area contributed by atoms with Crippen molar-refractivity contribution in [3.63, 3.8) is 0 Å². The van der Waals surface area contributed by atoms with Crippen molar-refractivity contribution >= 4 is 28.8 Å². The van der Waals surface area contributed by atoms with Gasteiger partial charge < -0.3 is 0 Å². The highest BCUT2D eigenvalue weighted by Gasteiger charge is 2.18. The molecule has 0 saturated carbocycles. The number of hydrazine groups is 1.